The number of hydrogen-bond donors (Lipinski definition) is 1. The fourth-order valence-corrected chi connectivity index (χ4v) is 4.36. The van der Waals surface area contributed by atoms with Gasteiger partial charge in [-0.05, 0) is 31.1 Å². The van der Waals surface area contributed by atoms with Gasteiger partial charge >= 0.3 is 0 Å². The molecule has 1 N–H and O–H groups in total. The minimum Gasteiger partial charge on any atom is -0.383 e. The highest BCUT2D eigenvalue weighted by Crippen LogP contribution is 2.66. The molecular formula is C11H21NO3S. The van der Waals surface area contributed by atoms with E-state index >= 15 is 0 Å². The minimum atomic E-state index is -2.95. The van der Waals surface area contributed by atoms with Gasteiger partial charge in [0, 0.05) is 26.5 Å². The summed E-state index contributed by atoms with van der Waals surface area (Å²) in [6, 6.07) is 0. The topological polar surface area (TPSA) is 55.4 Å². The van der Waals surface area contributed by atoms with E-state index in [4.69, 9.17) is 4.74 Å². The van der Waals surface area contributed by atoms with Crippen LogP contribution in [0.1, 0.15) is 25.7 Å². The Labute approximate surface area is 97.7 Å². The van der Waals surface area contributed by atoms with Crippen LogP contribution < -0.4 is 5.32 Å². The van der Waals surface area contributed by atoms with E-state index in [1.54, 1.807) is 7.11 Å². The molecule has 2 aliphatic rings. The van der Waals surface area contributed by atoms with Crippen molar-refractivity contribution in [2.75, 3.05) is 33.1 Å². The lowest BCUT2D eigenvalue weighted by Gasteiger charge is -2.47. The van der Waals surface area contributed by atoms with Crippen LogP contribution in [0.25, 0.3) is 0 Å². The van der Waals surface area contributed by atoms with E-state index in [0.717, 1.165) is 19.4 Å². The molecule has 2 fully saturated rings. The molecule has 0 aromatic heterocycles. The standard InChI is InChI=1S/C11H21NO3S/c1-15-6-5-12-9-11(16(2,13)14)7-10(8-11)3-4-10/h12H,3-9H2,1-2H3. The van der Waals surface area contributed by atoms with Gasteiger partial charge in [0.1, 0.15) is 0 Å². The van der Waals surface area contributed by atoms with Crippen LogP contribution in [-0.2, 0) is 14.6 Å². The van der Waals surface area contributed by atoms with Gasteiger partial charge in [0.2, 0.25) is 0 Å². The molecule has 2 aliphatic carbocycles. The highest BCUT2D eigenvalue weighted by Gasteiger charge is 2.64. The molecule has 0 amide bonds. The van der Waals surface area contributed by atoms with Crippen molar-refractivity contribution in [3.05, 3.63) is 0 Å². The van der Waals surface area contributed by atoms with Crippen molar-refractivity contribution in [2.24, 2.45) is 5.41 Å². The van der Waals surface area contributed by atoms with Gasteiger partial charge in [-0.2, -0.15) is 0 Å². The van der Waals surface area contributed by atoms with Gasteiger partial charge in [-0.25, -0.2) is 8.42 Å². The number of hydrogen-bond acceptors (Lipinski definition) is 4. The van der Waals surface area contributed by atoms with Crippen LogP contribution in [0, 0.1) is 5.41 Å². The molecule has 0 aromatic rings. The Kier molecular flexibility index (Phi) is 3.05. The first-order valence-corrected chi connectivity index (χ1v) is 7.72. The molecule has 94 valence electrons. The summed E-state index contributed by atoms with van der Waals surface area (Å²) in [7, 11) is -1.30. The zero-order valence-electron chi connectivity index (χ0n) is 10.1. The fraction of sp³-hybridized carbons (Fsp3) is 1.00. The predicted octanol–water partition coefficient (Wildman–Crippen LogP) is 0.580. The van der Waals surface area contributed by atoms with Crippen molar-refractivity contribution in [3.63, 3.8) is 0 Å². The highest BCUT2D eigenvalue weighted by atomic mass is 32.2. The molecule has 0 bridgehead atoms. The molecular weight excluding hydrogens is 226 g/mol. The Hall–Kier alpha value is -0.130. The van der Waals surface area contributed by atoms with E-state index in [-0.39, 0.29) is 0 Å². The summed E-state index contributed by atoms with van der Waals surface area (Å²) in [4.78, 5) is 0. The third-order valence-corrected chi connectivity index (χ3v) is 6.07. The Balaban J connectivity index is 1.90. The number of sulfone groups is 1. The lowest BCUT2D eigenvalue weighted by molar-refractivity contribution is 0.172. The Bertz CT molecular complexity index is 351. The van der Waals surface area contributed by atoms with E-state index in [1.165, 1.54) is 19.1 Å². The van der Waals surface area contributed by atoms with Crippen molar-refractivity contribution in [3.8, 4) is 0 Å². The van der Waals surface area contributed by atoms with Crippen LogP contribution in [0.3, 0.4) is 0 Å². The summed E-state index contributed by atoms with van der Waals surface area (Å²) in [5.41, 5.74) is 0.409. The van der Waals surface area contributed by atoms with Crippen LogP contribution in [-0.4, -0.2) is 46.2 Å². The second-order valence-corrected chi connectivity index (χ2v) is 7.89. The van der Waals surface area contributed by atoms with Gasteiger partial charge in [0.25, 0.3) is 0 Å². The normalized spacial score (nSPS) is 25.4. The SMILES string of the molecule is COCCNCC1(S(C)(=O)=O)CC2(CC2)C1. The monoisotopic (exact) mass is 247 g/mol. The highest BCUT2D eigenvalue weighted by molar-refractivity contribution is 7.92. The van der Waals surface area contributed by atoms with Gasteiger partial charge in [0.05, 0.1) is 11.4 Å². The first kappa shape index (κ1) is 12.3. The summed E-state index contributed by atoms with van der Waals surface area (Å²) in [5, 5.41) is 3.20. The smallest absolute Gasteiger partial charge is 0.154 e. The molecule has 0 aliphatic heterocycles. The first-order valence-electron chi connectivity index (χ1n) is 5.82. The molecule has 0 unspecified atom stereocenters. The van der Waals surface area contributed by atoms with Crippen LogP contribution in [0.2, 0.25) is 0 Å². The molecule has 0 radical (unpaired) electrons. The molecule has 4 nitrogen and oxygen atoms in total. The second kappa shape index (κ2) is 3.96. The average Bonchev–Trinajstić information content (AvgIpc) is 2.88. The minimum absolute atomic E-state index is 0.409. The summed E-state index contributed by atoms with van der Waals surface area (Å²) in [5.74, 6) is 0. The largest absolute Gasteiger partial charge is 0.383 e. The number of rotatable bonds is 6. The van der Waals surface area contributed by atoms with Gasteiger partial charge in [-0.1, -0.05) is 0 Å². The van der Waals surface area contributed by atoms with E-state index in [1.807, 2.05) is 0 Å². The molecule has 0 aromatic carbocycles. The van der Waals surface area contributed by atoms with E-state index in [9.17, 15) is 8.42 Å². The number of methoxy groups -OCH3 is 1. The molecule has 0 heterocycles. The lowest BCUT2D eigenvalue weighted by Crippen LogP contribution is -2.57. The fourth-order valence-electron chi connectivity index (χ4n) is 2.85. The zero-order valence-corrected chi connectivity index (χ0v) is 10.9. The zero-order chi connectivity index (χ0) is 11.9. The average molecular weight is 247 g/mol. The van der Waals surface area contributed by atoms with Crippen molar-refractivity contribution >= 4 is 9.84 Å². The van der Waals surface area contributed by atoms with Crippen molar-refractivity contribution in [1.82, 2.24) is 5.32 Å². The van der Waals surface area contributed by atoms with Crippen LogP contribution >= 0.6 is 0 Å². The van der Waals surface area contributed by atoms with Crippen LogP contribution in [0.5, 0.6) is 0 Å². The quantitative estimate of drug-likeness (QED) is 0.698. The molecule has 16 heavy (non-hydrogen) atoms. The number of nitrogens with one attached hydrogen (secondary N) is 1. The lowest BCUT2D eigenvalue weighted by atomic mass is 9.71. The maximum absolute atomic E-state index is 11.8. The summed E-state index contributed by atoms with van der Waals surface area (Å²) >= 11 is 0. The Morgan fingerprint density at radius 1 is 1.31 bits per heavy atom. The van der Waals surface area contributed by atoms with Crippen LogP contribution in [0.15, 0.2) is 0 Å². The van der Waals surface area contributed by atoms with Gasteiger partial charge < -0.3 is 10.1 Å². The van der Waals surface area contributed by atoms with Gasteiger partial charge in [-0.3, -0.25) is 0 Å². The summed E-state index contributed by atoms with van der Waals surface area (Å²) in [6.07, 6.45) is 5.54. The van der Waals surface area contributed by atoms with E-state index in [2.05, 4.69) is 5.32 Å². The molecule has 5 heteroatoms. The number of ether oxygens (including phenoxy) is 1. The molecule has 1 spiro atoms. The van der Waals surface area contributed by atoms with E-state index < -0.39 is 14.6 Å². The third kappa shape index (κ3) is 2.13. The Morgan fingerprint density at radius 2 is 1.94 bits per heavy atom. The molecule has 0 saturated heterocycles. The summed E-state index contributed by atoms with van der Waals surface area (Å²) < 4.78 is 28.1. The van der Waals surface area contributed by atoms with Crippen LogP contribution in [0.4, 0.5) is 0 Å². The first-order chi connectivity index (χ1) is 7.43. The molecule has 2 saturated carbocycles. The van der Waals surface area contributed by atoms with Crippen molar-refractivity contribution in [2.45, 2.75) is 30.4 Å². The van der Waals surface area contributed by atoms with Gasteiger partial charge in [0.15, 0.2) is 9.84 Å². The second-order valence-electron chi connectivity index (χ2n) is 5.48. The third-order valence-electron chi connectivity index (χ3n) is 4.07. The van der Waals surface area contributed by atoms with Crippen molar-refractivity contribution in [1.29, 1.82) is 0 Å². The van der Waals surface area contributed by atoms with Gasteiger partial charge in [-0.15, -0.1) is 0 Å². The van der Waals surface area contributed by atoms with Crippen molar-refractivity contribution < 1.29 is 13.2 Å². The summed E-state index contributed by atoms with van der Waals surface area (Å²) in [6.45, 7) is 1.93. The molecule has 2 rings (SSSR count). The predicted molar refractivity (Wildman–Crippen MR) is 63.2 cm³/mol. The maximum atomic E-state index is 11.8. The Morgan fingerprint density at radius 3 is 2.38 bits per heavy atom. The van der Waals surface area contributed by atoms with E-state index in [0.29, 0.717) is 18.6 Å². The maximum Gasteiger partial charge on any atom is 0.154 e. The molecule has 0 atom stereocenters.